The van der Waals surface area contributed by atoms with E-state index in [-0.39, 0.29) is 18.5 Å². The number of unbranched alkanes of at least 4 members (excludes halogenated alkanes) is 34. The number of aliphatic hydroxyl groups excluding tert-OH is 5. The summed E-state index contributed by atoms with van der Waals surface area (Å²) in [5.41, 5.74) is 0. The van der Waals surface area contributed by atoms with E-state index in [0.29, 0.717) is 19.4 Å². The van der Waals surface area contributed by atoms with Crippen molar-refractivity contribution in [3.8, 4) is 0 Å². The van der Waals surface area contributed by atoms with Crippen molar-refractivity contribution in [3.63, 3.8) is 0 Å². The Kier molecular flexibility index (Phi) is 52.9. The van der Waals surface area contributed by atoms with Gasteiger partial charge >= 0.3 is 5.97 Å². The van der Waals surface area contributed by atoms with Crippen LogP contribution in [0.5, 0.6) is 0 Å². The minimum Gasteiger partial charge on any atom is -0.466 e. The number of amides is 1. The molecular weight excluding hydrogens is 979 g/mol. The number of ether oxygens (including phenoxy) is 3. The molecule has 0 radical (unpaired) electrons. The van der Waals surface area contributed by atoms with Gasteiger partial charge < -0.3 is 45.1 Å². The molecule has 0 aromatic rings. The third-order valence-electron chi connectivity index (χ3n) is 15.1. The zero-order chi connectivity index (χ0) is 56.6. The molecule has 7 atom stereocenters. The van der Waals surface area contributed by atoms with E-state index in [4.69, 9.17) is 14.2 Å². The summed E-state index contributed by atoms with van der Waals surface area (Å²) >= 11 is 0. The van der Waals surface area contributed by atoms with Gasteiger partial charge in [-0.1, -0.05) is 254 Å². The van der Waals surface area contributed by atoms with Crippen LogP contribution < -0.4 is 5.32 Å². The van der Waals surface area contributed by atoms with Gasteiger partial charge in [-0.15, -0.1) is 0 Å². The Balaban J connectivity index is 2.00. The molecule has 0 aromatic carbocycles. The first-order valence-corrected chi connectivity index (χ1v) is 32.6. The summed E-state index contributed by atoms with van der Waals surface area (Å²) in [7, 11) is 0. The Morgan fingerprint density at radius 3 is 1.40 bits per heavy atom. The summed E-state index contributed by atoms with van der Waals surface area (Å²) in [6.07, 6.45) is 63.5. The molecule has 1 saturated heterocycles. The van der Waals surface area contributed by atoms with Gasteiger partial charge in [0, 0.05) is 12.8 Å². The highest BCUT2D eigenvalue weighted by molar-refractivity contribution is 5.76. The number of carbonyl (C=O) groups excluding carboxylic acids is 2. The second-order valence-electron chi connectivity index (χ2n) is 22.4. The zero-order valence-electron chi connectivity index (χ0n) is 50.1. The first-order chi connectivity index (χ1) is 38.2. The average Bonchev–Trinajstić information content (AvgIpc) is 3.45. The number of carbonyl (C=O) groups is 2. The van der Waals surface area contributed by atoms with Crippen molar-refractivity contribution in [2.24, 2.45) is 0 Å². The van der Waals surface area contributed by atoms with E-state index in [2.05, 4.69) is 67.8 Å². The van der Waals surface area contributed by atoms with Gasteiger partial charge in [0.1, 0.15) is 24.4 Å². The minimum atomic E-state index is -1.58. The summed E-state index contributed by atoms with van der Waals surface area (Å²) < 4.78 is 16.7. The van der Waals surface area contributed by atoms with Gasteiger partial charge in [-0.2, -0.15) is 0 Å². The highest BCUT2D eigenvalue weighted by Gasteiger charge is 2.44. The smallest absolute Gasteiger partial charge is 0.305 e. The van der Waals surface area contributed by atoms with Crippen LogP contribution in [0.1, 0.15) is 290 Å². The van der Waals surface area contributed by atoms with Crippen LogP contribution in [0.3, 0.4) is 0 Å². The standard InChI is InChI=1S/C67H121NO10/c1-3-5-7-9-11-13-15-16-28-32-35-39-43-47-51-55-63(72)76-56-52-48-44-40-36-33-30-27-25-23-21-19-17-18-20-22-24-26-29-31-34-38-42-46-50-54-62(71)68-59(58-77-67-66(75)65(74)64(73)61(57-69)78-67)60(70)53-49-45-41-37-14-12-10-8-6-4-2/h6,8,14,18-21,37,49,53,59-61,64-67,69-70,73-75H,3-5,7,9-13,15-17,22-36,38-48,50-52,54-58H2,1-2H3,(H,68,71)/b8-6+,20-18-,21-19-,37-14+,53-49+. The molecule has 1 amide bonds. The fourth-order valence-electron chi connectivity index (χ4n) is 9.98. The van der Waals surface area contributed by atoms with Gasteiger partial charge in [-0.25, -0.2) is 0 Å². The minimum absolute atomic E-state index is 0.000178. The van der Waals surface area contributed by atoms with Gasteiger partial charge in [-0.05, 0) is 83.5 Å². The van der Waals surface area contributed by atoms with Gasteiger partial charge in [0.2, 0.25) is 5.91 Å². The molecule has 0 bridgehead atoms. The van der Waals surface area contributed by atoms with Crippen LogP contribution in [0, 0.1) is 0 Å². The summed E-state index contributed by atoms with van der Waals surface area (Å²) in [4.78, 5) is 25.1. The molecule has 6 N–H and O–H groups in total. The molecule has 1 fully saturated rings. The first kappa shape index (κ1) is 73.4. The Morgan fingerprint density at radius 2 is 0.910 bits per heavy atom. The van der Waals surface area contributed by atoms with Crippen molar-refractivity contribution in [1.29, 1.82) is 0 Å². The van der Waals surface area contributed by atoms with Gasteiger partial charge in [0.25, 0.3) is 0 Å². The molecule has 11 nitrogen and oxygen atoms in total. The van der Waals surface area contributed by atoms with Crippen LogP contribution in [0.25, 0.3) is 0 Å². The van der Waals surface area contributed by atoms with E-state index in [1.807, 2.05) is 6.08 Å². The first-order valence-electron chi connectivity index (χ1n) is 32.6. The Labute approximate surface area is 478 Å². The lowest BCUT2D eigenvalue weighted by atomic mass is 9.99. The van der Waals surface area contributed by atoms with Crippen molar-refractivity contribution >= 4 is 11.9 Å². The Hall–Kier alpha value is -2.64. The molecule has 0 aromatic heterocycles. The van der Waals surface area contributed by atoms with Gasteiger partial charge in [0.15, 0.2) is 6.29 Å². The number of esters is 1. The molecular formula is C67H121NO10. The monoisotopic (exact) mass is 1100 g/mol. The second-order valence-corrected chi connectivity index (χ2v) is 22.4. The highest BCUT2D eigenvalue weighted by atomic mass is 16.7. The maximum atomic E-state index is 13.0. The van der Waals surface area contributed by atoms with Crippen LogP contribution in [0.15, 0.2) is 60.8 Å². The molecule has 78 heavy (non-hydrogen) atoms. The summed E-state index contributed by atoms with van der Waals surface area (Å²) in [5.74, 6) is -0.205. The van der Waals surface area contributed by atoms with Crippen molar-refractivity contribution in [2.45, 2.75) is 333 Å². The molecule has 1 aliphatic rings. The molecule has 1 heterocycles. The molecule has 11 heteroatoms. The predicted octanol–water partition coefficient (Wildman–Crippen LogP) is 15.8. The van der Waals surface area contributed by atoms with Gasteiger partial charge in [0.05, 0.1) is 32.0 Å². The van der Waals surface area contributed by atoms with Crippen molar-refractivity contribution in [3.05, 3.63) is 60.8 Å². The lowest BCUT2D eigenvalue weighted by Crippen LogP contribution is -2.60. The van der Waals surface area contributed by atoms with Crippen LogP contribution in [0.4, 0.5) is 0 Å². The van der Waals surface area contributed by atoms with Crippen LogP contribution in [-0.4, -0.2) is 100 Å². The van der Waals surface area contributed by atoms with Gasteiger partial charge in [-0.3, -0.25) is 9.59 Å². The number of hydrogen-bond donors (Lipinski definition) is 6. The molecule has 0 spiro atoms. The summed E-state index contributed by atoms with van der Waals surface area (Å²) in [5, 5.41) is 54.2. The number of nitrogens with one attached hydrogen (secondary N) is 1. The predicted molar refractivity (Wildman–Crippen MR) is 324 cm³/mol. The third-order valence-corrected chi connectivity index (χ3v) is 15.1. The molecule has 0 saturated carbocycles. The van der Waals surface area contributed by atoms with E-state index in [9.17, 15) is 35.1 Å². The summed E-state index contributed by atoms with van der Waals surface area (Å²) in [6.45, 7) is 4.20. The maximum Gasteiger partial charge on any atom is 0.305 e. The number of hydrogen-bond acceptors (Lipinski definition) is 10. The molecule has 1 aliphatic heterocycles. The zero-order valence-corrected chi connectivity index (χ0v) is 50.1. The highest BCUT2D eigenvalue weighted by Crippen LogP contribution is 2.23. The van der Waals surface area contributed by atoms with Crippen LogP contribution in [-0.2, 0) is 23.8 Å². The number of rotatable bonds is 56. The quantitative estimate of drug-likeness (QED) is 0.0195. The second kappa shape index (κ2) is 56.2. The fourth-order valence-corrected chi connectivity index (χ4v) is 9.98. The number of aliphatic hydroxyl groups is 5. The maximum absolute atomic E-state index is 13.0. The van der Waals surface area contributed by atoms with Crippen LogP contribution >= 0.6 is 0 Å². The van der Waals surface area contributed by atoms with E-state index >= 15 is 0 Å². The van der Waals surface area contributed by atoms with Crippen molar-refractivity contribution < 1.29 is 49.3 Å². The van der Waals surface area contributed by atoms with Crippen molar-refractivity contribution in [1.82, 2.24) is 5.32 Å². The van der Waals surface area contributed by atoms with E-state index in [1.54, 1.807) is 6.08 Å². The van der Waals surface area contributed by atoms with E-state index in [1.165, 1.54) is 167 Å². The topological polar surface area (TPSA) is 175 Å². The largest absolute Gasteiger partial charge is 0.466 e. The Bertz CT molecular complexity index is 1480. The SMILES string of the molecule is CC/C=C/CC/C=C/CC/C=C/C(O)C(COC1OC(CO)C(O)C(O)C1O)NC(=O)CCCCCCCCCCC/C=C\C/C=C\CCCCCCCCCCCOC(=O)CCCCCCCCCCCCCCCCC. The fraction of sp³-hybridized carbons (Fsp3) is 0.821. The Morgan fingerprint density at radius 1 is 0.487 bits per heavy atom. The van der Waals surface area contributed by atoms with Crippen molar-refractivity contribution in [2.75, 3.05) is 19.8 Å². The van der Waals surface area contributed by atoms with E-state index < -0.39 is 49.5 Å². The summed E-state index contributed by atoms with van der Waals surface area (Å²) in [6, 6.07) is -0.839. The van der Waals surface area contributed by atoms with E-state index in [0.717, 1.165) is 96.3 Å². The lowest BCUT2D eigenvalue weighted by Gasteiger charge is -2.40. The average molecular weight is 1100 g/mol. The lowest BCUT2D eigenvalue weighted by molar-refractivity contribution is -0.302. The normalized spacial score (nSPS) is 18.9. The van der Waals surface area contributed by atoms with Crippen LogP contribution in [0.2, 0.25) is 0 Å². The number of allylic oxidation sites excluding steroid dienone is 9. The molecule has 1 rings (SSSR count). The molecule has 0 aliphatic carbocycles. The molecule has 7 unspecified atom stereocenters. The third kappa shape index (κ3) is 45.0. The molecule has 454 valence electrons.